The summed E-state index contributed by atoms with van der Waals surface area (Å²) in [5.74, 6) is 0.724. The van der Waals surface area contributed by atoms with Crippen molar-refractivity contribution in [2.75, 3.05) is 6.61 Å². The Hall–Kier alpha value is -1.84. The zero-order valence-electron chi connectivity index (χ0n) is 10.9. The molecule has 96 valence electrons. The lowest BCUT2D eigenvalue weighted by atomic mass is 10.0. The molecule has 0 saturated heterocycles. The number of amides is 1. The third-order valence-corrected chi connectivity index (χ3v) is 2.89. The average Bonchev–Trinajstić information content (AvgIpc) is 2.48. The molecule has 0 bridgehead atoms. The van der Waals surface area contributed by atoms with Gasteiger partial charge in [0.05, 0.1) is 17.9 Å². The molecular weight excluding hydrogens is 228 g/mol. The Labute approximate surface area is 107 Å². The SMILES string of the molecule is CCOC1=Nc2ccccc2C(=O)N[C@H]1C(C)C. The quantitative estimate of drug-likeness (QED) is 0.871. The van der Waals surface area contributed by atoms with Crippen LogP contribution in [-0.2, 0) is 4.74 Å². The molecule has 0 radical (unpaired) electrons. The number of nitrogens with one attached hydrogen (secondary N) is 1. The first-order valence-corrected chi connectivity index (χ1v) is 6.24. The summed E-state index contributed by atoms with van der Waals surface area (Å²) in [5.41, 5.74) is 1.26. The van der Waals surface area contributed by atoms with Gasteiger partial charge in [-0.05, 0) is 25.0 Å². The largest absolute Gasteiger partial charge is 0.480 e. The number of ether oxygens (including phenoxy) is 1. The lowest BCUT2D eigenvalue weighted by molar-refractivity contribution is 0.0936. The Morgan fingerprint density at radius 2 is 2.11 bits per heavy atom. The Bertz CT molecular complexity index is 480. The number of para-hydroxylation sites is 1. The molecule has 4 heteroatoms. The second-order valence-electron chi connectivity index (χ2n) is 4.60. The first-order valence-electron chi connectivity index (χ1n) is 6.24. The molecule has 0 aromatic heterocycles. The van der Waals surface area contributed by atoms with Crippen LogP contribution in [0.4, 0.5) is 5.69 Å². The van der Waals surface area contributed by atoms with Crippen LogP contribution in [0.5, 0.6) is 0 Å². The van der Waals surface area contributed by atoms with Gasteiger partial charge in [0.25, 0.3) is 5.91 Å². The van der Waals surface area contributed by atoms with Crippen LogP contribution in [0.1, 0.15) is 31.1 Å². The zero-order valence-corrected chi connectivity index (χ0v) is 10.9. The molecule has 1 aliphatic heterocycles. The van der Waals surface area contributed by atoms with E-state index in [1.54, 1.807) is 6.07 Å². The van der Waals surface area contributed by atoms with E-state index >= 15 is 0 Å². The van der Waals surface area contributed by atoms with Gasteiger partial charge in [-0.3, -0.25) is 4.79 Å². The minimum atomic E-state index is -0.176. The highest BCUT2D eigenvalue weighted by Crippen LogP contribution is 2.23. The van der Waals surface area contributed by atoms with Crippen molar-refractivity contribution in [1.29, 1.82) is 0 Å². The van der Waals surface area contributed by atoms with Gasteiger partial charge in [-0.1, -0.05) is 26.0 Å². The Kier molecular flexibility index (Phi) is 3.65. The van der Waals surface area contributed by atoms with Gasteiger partial charge in [-0.25, -0.2) is 4.99 Å². The number of rotatable bonds is 2. The van der Waals surface area contributed by atoms with Gasteiger partial charge < -0.3 is 10.1 Å². The predicted molar refractivity (Wildman–Crippen MR) is 71.3 cm³/mol. The molecule has 0 aliphatic carbocycles. The fourth-order valence-electron chi connectivity index (χ4n) is 1.95. The van der Waals surface area contributed by atoms with Gasteiger partial charge in [0.1, 0.15) is 6.04 Å². The Morgan fingerprint density at radius 1 is 1.39 bits per heavy atom. The highest BCUT2D eigenvalue weighted by Gasteiger charge is 2.28. The van der Waals surface area contributed by atoms with Crippen molar-refractivity contribution in [3.63, 3.8) is 0 Å². The van der Waals surface area contributed by atoms with Crippen molar-refractivity contribution in [3.05, 3.63) is 29.8 Å². The fraction of sp³-hybridized carbons (Fsp3) is 0.429. The van der Waals surface area contributed by atoms with E-state index in [-0.39, 0.29) is 17.9 Å². The number of aliphatic imine (C=N–C) groups is 1. The average molecular weight is 246 g/mol. The summed E-state index contributed by atoms with van der Waals surface area (Å²) in [4.78, 5) is 16.6. The van der Waals surface area contributed by atoms with Crippen LogP contribution in [0, 0.1) is 5.92 Å². The smallest absolute Gasteiger partial charge is 0.254 e. The van der Waals surface area contributed by atoms with Crippen molar-refractivity contribution in [2.24, 2.45) is 10.9 Å². The van der Waals surface area contributed by atoms with Crippen molar-refractivity contribution in [3.8, 4) is 0 Å². The van der Waals surface area contributed by atoms with E-state index in [0.717, 1.165) is 0 Å². The van der Waals surface area contributed by atoms with Crippen LogP contribution in [0.2, 0.25) is 0 Å². The van der Waals surface area contributed by atoms with E-state index in [1.807, 2.05) is 39.0 Å². The number of carbonyl (C=O) groups excluding carboxylic acids is 1. The number of carbonyl (C=O) groups is 1. The highest BCUT2D eigenvalue weighted by atomic mass is 16.5. The molecule has 4 nitrogen and oxygen atoms in total. The van der Waals surface area contributed by atoms with Gasteiger partial charge in [-0.2, -0.15) is 0 Å². The molecule has 0 fully saturated rings. The number of fused-ring (bicyclic) bond motifs is 1. The third-order valence-electron chi connectivity index (χ3n) is 2.89. The first-order chi connectivity index (χ1) is 8.63. The zero-order chi connectivity index (χ0) is 13.1. The Balaban J connectivity index is 2.46. The van der Waals surface area contributed by atoms with Crippen LogP contribution in [0.15, 0.2) is 29.3 Å². The second kappa shape index (κ2) is 5.21. The summed E-state index contributed by atoms with van der Waals surface area (Å²) in [6.45, 7) is 6.53. The molecule has 1 aromatic rings. The predicted octanol–water partition coefficient (Wildman–Crippen LogP) is 2.52. The minimum Gasteiger partial charge on any atom is -0.480 e. The minimum absolute atomic E-state index is 0.0947. The number of nitrogens with zero attached hydrogens (tertiary/aromatic N) is 1. The van der Waals surface area contributed by atoms with E-state index < -0.39 is 0 Å². The first kappa shape index (κ1) is 12.6. The van der Waals surface area contributed by atoms with Crippen LogP contribution >= 0.6 is 0 Å². The lowest BCUT2D eigenvalue weighted by Gasteiger charge is -2.21. The van der Waals surface area contributed by atoms with E-state index in [2.05, 4.69) is 10.3 Å². The van der Waals surface area contributed by atoms with E-state index in [4.69, 9.17) is 4.74 Å². The van der Waals surface area contributed by atoms with Gasteiger partial charge in [0, 0.05) is 0 Å². The van der Waals surface area contributed by atoms with Crippen molar-refractivity contribution >= 4 is 17.5 Å². The summed E-state index contributed by atoms with van der Waals surface area (Å²) in [6.07, 6.45) is 0. The molecular formula is C14H18N2O2. The number of hydrogen-bond acceptors (Lipinski definition) is 3. The molecule has 1 amide bonds. The molecule has 1 atom stereocenters. The summed E-state index contributed by atoms with van der Waals surface area (Å²) < 4.78 is 5.58. The van der Waals surface area contributed by atoms with E-state index in [9.17, 15) is 4.79 Å². The summed E-state index contributed by atoms with van der Waals surface area (Å²) in [7, 11) is 0. The summed E-state index contributed by atoms with van der Waals surface area (Å²) in [6, 6.07) is 7.14. The van der Waals surface area contributed by atoms with Crippen molar-refractivity contribution in [2.45, 2.75) is 26.8 Å². The fourth-order valence-corrected chi connectivity index (χ4v) is 1.95. The maximum atomic E-state index is 12.1. The molecule has 2 rings (SSSR count). The maximum Gasteiger partial charge on any atom is 0.254 e. The van der Waals surface area contributed by atoms with Gasteiger partial charge in [0.15, 0.2) is 0 Å². The topological polar surface area (TPSA) is 50.7 Å². The van der Waals surface area contributed by atoms with Crippen molar-refractivity contribution < 1.29 is 9.53 Å². The highest BCUT2D eigenvalue weighted by molar-refractivity contribution is 6.04. The van der Waals surface area contributed by atoms with Crippen LogP contribution in [-0.4, -0.2) is 24.5 Å². The third kappa shape index (κ3) is 2.37. The molecule has 1 aromatic carbocycles. The van der Waals surface area contributed by atoms with Crippen LogP contribution in [0.3, 0.4) is 0 Å². The number of hydrogen-bond donors (Lipinski definition) is 1. The molecule has 1 N–H and O–H groups in total. The van der Waals surface area contributed by atoms with E-state index in [1.165, 1.54) is 0 Å². The Morgan fingerprint density at radius 3 is 2.78 bits per heavy atom. The normalized spacial score (nSPS) is 18.8. The molecule has 18 heavy (non-hydrogen) atoms. The lowest BCUT2D eigenvalue weighted by Crippen LogP contribution is -2.44. The molecule has 0 unspecified atom stereocenters. The number of benzene rings is 1. The monoisotopic (exact) mass is 246 g/mol. The second-order valence-corrected chi connectivity index (χ2v) is 4.60. The molecule has 1 aliphatic rings. The summed E-state index contributed by atoms with van der Waals surface area (Å²) >= 11 is 0. The van der Waals surface area contributed by atoms with Gasteiger partial charge in [-0.15, -0.1) is 0 Å². The summed E-state index contributed by atoms with van der Waals surface area (Å²) in [5, 5.41) is 2.97. The molecule has 0 spiro atoms. The molecule has 0 saturated carbocycles. The van der Waals surface area contributed by atoms with Gasteiger partial charge in [0.2, 0.25) is 5.90 Å². The standard InChI is InChI=1S/C14H18N2O2/c1-4-18-14-12(9(2)3)16-13(17)10-7-5-6-8-11(10)15-14/h5-9,12H,4H2,1-3H3,(H,16,17)/t12-/m0/s1. The van der Waals surface area contributed by atoms with E-state index in [0.29, 0.717) is 23.8 Å². The van der Waals surface area contributed by atoms with Crippen LogP contribution in [0.25, 0.3) is 0 Å². The maximum absolute atomic E-state index is 12.1. The molecule has 1 heterocycles. The van der Waals surface area contributed by atoms with Crippen LogP contribution < -0.4 is 5.32 Å². The van der Waals surface area contributed by atoms with Crippen molar-refractivity contribution in [1.82, 2.24) is 5.32 Å². The van der Waals surface area contributed by atoms with Gasteiger partial charge >= 0.3 is 0 Å².